The number of hydrogen-bond acceptors (Lipinski definition) is 6. The van der Waals surface area contributed by atoms with Crippen LogP contribution in [0.3, 0.4) is 0 Å². The van der Waals surface area contributed by atoms with Gasteiger partial charge in [-0.25, -0.2) is 4.79 Å². The van der Waals surface area contributed by atoms with E-state index in [0.29, 0.717) is 35.2 Å². The van der Waals surface area contributed by atoms with Crippen molar-refractivity contribution < 1.29 is 29.3 Å². The van der Waals surface area contributed by atoms with Crippen LogP contribution in [0.25, 0.3) is 0 Å². The van der Waals surface area contributed by atoms with E-state index in [-0.39, 0.29) is 24.0 Å². The minimum atomic E-state index is -1.18. The van der Waals surface area contributed by atoms with Crippen LogP contribution in [0.1, 0.15) is 67.5 Å². The number of hydrogen-bond donors (Lipinski definition) is 4. The Morgan fingerprint density at radius 3 is 2.07 bits per heavy atom. The van der Waals surface area contributed by atoms with E-state index < -0.39 is 35.6 Å². The van der Waals surface area contributed by atoms with E-state index in [4.69, 9.17) is 4.74 Å². The number of nitrogens with one attached hydrogen (secondary N) is 2. The Morgan fingerprint density at radius 1 is 0.907 bits per heavy atom. The highest BCUT2D eigenvalue weighted by Crippen LogP contribution is 2.40. The van der Waals surface area contributed by atoms with Crippen LogP contribution >= 0.6 is 0 Å². The Morgan fingerprint density at radius 2 is 1.49 bits per heavy atom. The molecule has 228 valence electrons. The summed E-state index contributed by atoms with van der Waals surface area (Å²) in [6, 6.07) is 14.6. The number of ether oxygens (including phenoxy) is 1. The molecule has 1 saturated carbocycles. The molecular formula is C34H41N3O6. The molecule has 4 N–H and O–H groups in total. The van der Waals surface area contributed by atoms with E-state index in [2.05, 4.69) is 10.6 Å². The number of anilines is 1. The Labute approximate surface area is 252 Å². The number of rotatable bonds is 9. The molecule has 3 aromatic rings. The number of nitrogens with zero attached hydrogens (tertiary/aromatic N) is 1. The first-order chi connectivity index (χ1) is 20.2. The van der Waals surface area contributed by atoms with Crippen LogP contribution in [0.5, 0.6) is 11.5 Å². The lowest BCUT2D eigenvalue weighted by molar-refractivity contribution is -0.141. The van der Waals surface area contributed by atoms with Crippen molar-refractivity contribution in [1.29, 1.82) is 0 Å². The summed E-state index contributed by atoms with van der Waals surface area (Å²) in [5.74, 6) is -0.953. The molecule has 1 aliphatic carbocycles. The summed E-state index contributed by atoms with van der Waals surface area (Å²) in [5, 5.41) is 26.7. The van der Waals surface area contributed by atoms with Gasteiger partial charge in [0.25, 0.3) is 5.91 Å². The quantitative estimate of drug-likeness (QED) is 0.249. The number of phenols is 2. The lowest BCUT2D eigenvalue weighted by Gasteiger charge is -2.35. The van der Waals surface area contributed by atoms with E-state index in [1.807, 2.05) is 32.0 Å². The highest BCUT2D eigenvalue weighted by Gasteiger charge is 2.45. The van der Waals surface area contributed by atoms with Crippen LogP contribution in [0.2, 0.25) is 0 Å². The number of alkyl carbamates (subject to hydrolysis) is 1. The lowest BCUT2D eigenvalue weighted by atomic mass is 9.97. The van der Waals surface area contributed by atoms with Crippen molar-refractivity contribution in [1.82, 2.24) is 10.2 Å². The molecule has 0 radical (unpaired) electrons. The number of aromatic hydroxyl groups is 2. The van der Waals surface area contributed by atoms with Gasteiger partial charge in [-0.05, 0) is 88.8 Å². The van der Waals surface area contributed by atoms with Crippen LogP contribution in [0, 0.1) is 20.8 Å². The minimum Gasteiger partial charge on any atom is -0.508 e. The SMILES string of the molecule is Cc1cccc(C(C(=O)Nc2c(C)cccc2C)N(C(=O)C(Cc2ccc(O)cc2)NC(=O)OC(C)(C)C)C2CC2)c1O. The molecule has 2 unspecified atom stereocenters. The first-order valence-corrected chi connectivity index (χ1v) is 14.5. The summed E-state index contributed by atoms with van der Waals surface area (Å²) in [6.07, 6.45) is 0.663. The van der Waals surface area contributed by atoms with Gasteiger partial charge < -0.3 is 30.5 Å². The monoisotopic (exact) mass is 587 g/mol. The Hall–Kier alpha value is -4.53. The van der Waals surface area contributed by atoms with Crippen molar-refractivity contribution in [2.24, 2.45) is 0 Å². The maximum atomic E-state index is 14.5. The number of carbonyl (C=O) groups excluding carboxylic acids is 3. The number of phenolic OH excluding ortho intramolecular Hbond substituents is 2. The Balaban J connectivity index is 1.78. The molecule has 0 bridgehead atoms. The number of benzene rings is 3. The topological polar surface area (TPSA) is 128 Å². The summed E-state index contributed by atoms with van der Waals surface area (Å²) < 4.78 is 5.48. The zero-order valence-electron chi connectivity index (χ0n) is 25.6. The second-order valence-electron chi connectivity index (χ2n) is 12.2. The van der Waals surface area contributed by atoms with Gasteiger partial charge in [0.05, 0.1) is 0 Å². The second-order valence-corrected chi connectivity index (χ2v) is 12.2. The molecule has 0 aliphatic heterocycles. The average molecular weight is 588 g/mol. The van der Waals surface area contributed by atoms with Crippen molar-refractivity contribution in [2.45, 2.75) is 84.5 Å². The van der Waals surface area contributed by atoms with Crippen molar-refractivity contribution in [3.63, 3.8) is 0 Å². The smallest absolute Gasteiger partial charge is 0.408 e. The van der Waals surface area contributed by atoms with Crippen LogP contribution in [0.4, 0.5) is 10.5 Å². The van der Waals surface area contributed by atoms with E-state index in [1.54, 1.807) is 58.0 Å². The summed E-state index contributed by atoms with van der Waals surface area (Å²) in [7, 11) is 0. The van der Waals surface area contributed by atoms with Gasteiger partial charge in [-0.2, -0.15) is 0 Å². The number of para-hydroxylation sites is 2. The molecule has 1 fully saturated rings. The van der Waals surface area contributed by atoms with Crippen molar-refractivity contribution >= 4 is 23.6 Å². The third kappa shape index (κ3) is 7.85. The van der Waals surface area contributed by atoms with Crippen molar-refractivity contribution in [3.05, 3.63) is 88.5 Å². The molecule has 1 aliphatic rings. The fourth-order valence-electron chi connectivity index (χ4n) is 5.09. The van der Waals surface area contributed by atoms with Gasteiger partial charge in [-0.1, -0.05) is 48.5 Å². The summed E-state index contributed by atoms with van der Waals surface area (Å²) in [5.41, 5.74) is 3.12. The first kappa shape index (κ1) is 31.4. The fraction of sp³-hybridized carbons (Fsp3) is 0.382. The summed E-state index contributed by atoms with van der Waals surface area (Å²) in [6.45, 7) is 10.7. The maximum Gasteiger partial charge on any atom is 0.408 e. The molecular weight excluding hydrogens is 546 g/mol. The predicted octanol–water partition coefficient (Wildman–Crippen LogP) is 5.83. The number of carbonyl (C=O) groups is 3. The van der Waals surface area contributed by atoms with Crippen LogP contribution in [-0.2, 0) is 20.7 Å². The third-order valence-electron chi connectivity index (χ3n) is 7.38. The number of aryl methyl sites for hydroxylation is 3. The number of amides is 3. The van der Waals surface area contributed by atoms with Crippen LogP contribution < -0.4 is 10.6 Å². The highest BCUT2D eigenvalue weighted by atomic mass is 16.6. The van der Waals surface area contributed by atoms with Gasteiger partial charge >= 0.3 is 6.09 Å². The third-order valence-corrected chi connectivity index (χ3v) is 7.38. The van der Waals surface area contributed by atoms with Gasteiger partial charge in [-0.3, -0.25) is 9.59 Å². The van der Waals surface area contributed by atoms with Crippen molar-refractivity contribution in [2.75, 3.05) is 5.32 Å². The largest absolute Gasteiger partial charge is 0.508 e. The van der Waals surface area contributed by atoms with E-state index in [9.17, 15) is 24.6 Å². The molecule has 0 aromatic heterocycles. The van der Waals surface area contributed by atoms with Gasteiger partial charge in [0.2, 0.25) is 5.91 Å². The Kier molecular flexibility index (Phi) is 9.33. The molecule has 2 atom stereocenters. The molecule has 4 rings (SSSR count). The predicted molar refractivity (Wildman–Crippen MR) is 165 cm³/mol. The van der Waals surface area contributed by atoms with E-state index >= 15 is 0 Å². The molecule has 9 heteroatoms. The zero-order chi connectivity index (χ0) is 31.5. The average Bonchev–Trinajstić information content (AvgIpc) is 3.76. The fourth-order valence-corrected chi connectivity index (χ4v) is 5.09. The molecule has 9 nitrogen and oxygen atoms in total. The molecule has 0 heterocycles. The van der Waals surface area contributed by atoms with Crippen LogP contribution in [-0.4, -0.2) is 50.7 Å². The molecule has 3 amide bonds. The normalized spacial score (nSPS) is 14.4. The molecule has 3 aromatic carbocycles. The van der Waals surface area contributed by atoms with E-state index in [0.717, 1.165) is 11.1 Å². The molecule has 43 heavy (non-hydrogen) atoms. The van der Waals surface area contributed by atoms with Crippen molar-refractivity contribution in [3.8, 4) is 11.5 Å². The first-order valence-electron chi connectivity index (χ1n) is 14.5. The maximum absolute atomic E-state index is 14.5. The molecule has 0 saturated heterocycles. The standard InChI is InChI=1S/C34H41N3O6/c1-20-9-7-10-21(2)28(20)36-31(40)29(26-12-8-11-22(3)30(26)39)37(24-15-16-24)32(41)27(35-33(42)43-34(4,5)6)19-23-13-17-25(38)18-14-23/h7-14,17-18,24,27,29,38-39H,15-16,19H2,1-6H3,(H,35,42)(H,36,40). The summed E-state index contributed by atoms with van der Waals surface area (Å²) in [4.78, 5) is 43.2. The Bertz CT molecular complexity index is 1470. The van der Waals surface area contributed by atoms with Crippen LogP contribution in [0.15, 0.2) is 60.7 Å². The summed E-state index contributed by atoms with van der Waals surface area (Å²) >= 11 is 0. The zero-order valence-corrected chi connectivity index (χ0v) is 25.6. The van der Waals surface area contributed by atoms with Gasteiger partial charge in [-0.15, -0.1) is 0 Å². The second kappa shape index (κ2) is 12.8. The highest BCUT2D eigenvalue weighted by molar-refractivity contribution is 6.00. The van der Waals surface area contributed by atoms with E-state index in [1.165, 1.54) is 17.0 Å². The lowest BCUT2D eigenvalue weighted by Crippen LogP contribution is -2.54. The minimum absolute atomic E-state index is 0.0715. The van der Waals surface area contributed by atoms with Gasteiger partial charge in [0.1, 0.15) is 29.2 Å². The molecule has 0 spiro atoms. The van der Waals surface area contributed by atoms with Gasteiger partial charge in [0.15, 0.2) is 0 Å². The van der Waals surface area contributed by atoms with Gasteiger partial charge in [0, 0.05) is 23.7 Å².